The third kappa shape index (κ3) is 12.8. The first-order chi connectivity index (χ1) is 15.6. The molecule has 12 N–H and O–H groups in total. The van der Waals surface area contributed by atoms with Crippen molar-refractivity contribution in [2.45, 2.75) is 24.4 Å². The molecule has 30 heteroatoms. The Hall–Kier alpha value is 0.0800. The van der Waals surface area contributed by atoms with Crippen molar-refractivity contribution in [1.82, 2.24) is 0 Å². The standard InChI is InChI=1S/C6H16O24P6/c7-31(8,9)25-1-2(26-32(10,11)12)4(28-34(16,17)18)6(30-36(22,23)24)5(29-35(19,20)21)3(1)27-33(13,14)15/h1-4H,(H2,7,8,9)(H2,10,11,12)(H2,13,14,15)(H2,16,17,18)(H2,19,20,21)(H2,22,23,24)/t1-,2+,3-,4+. The first-order valence-corrected chi connectivity index (χ1v) is 17.0. The van der Waals surface area contributed by atoms with Crippen molar-refractivity contribution < 1.29 is 113 Å². The van der Waals surface area contributed by atoms with Gasteiger partial charge in [0, 0.05) is 0 Å². The minimum absolute atomic E-state index is 2.09. The summed E-state index contributed by atoms with van der Waals surface area (Å²) in [4.78, 5) is 109. The van der Waals surface area contributed by atoms with E-state index in [-0.39, 0.29) is 0 Å². The van der Waals surface area contributed by atoms with Crippen LogP contribution < -0.4 is 0 Å². The molecule has 0 aromatic rings. The van der Waals surface area contributed by atoms with E-state index >= 15 is 0 Å². The summed E-state index contributed by atoms with van der Waals surface area (Å²) >= 11 is 0. The van der Waals surface area contributed by atoms with Crippen molar-refractivity contribution in [3.05, 3.63) is 11.5 Å². The first kappa shape index (κ1) is 34.1. The maximum absolute atomic E-state index is 11.4. The zero-order valence-electron chi connectivity index (χ0n) is 16.3. The summed E-state index contributed by atoms with van der Waals surface area (Å²) in [6, 6.07) is 0. The highest BCUT2D eigenvalue weighted by atomic mass is 31.2. The number of phosphoric ester groups is 6. The second-order valence-electron chi connectivity index (χ2n) is 6.05. The van der Waals surface area contributed by atoms with Crippen LogP contribution in [0, 0.1) is 0 Å². The molecule has 0 aromatic heterocycles. The van der Waals surface area contributed by atoms with Crippen LogP contribution in [0.3, 0.4) is 0 Å². The molecule has 1 aliphatic carbocycles. The maximum Gasteiger partial charge on any atom is 0.524 e. The van der Waals surface area contributed by atoms with Gasteiger partial charge in [-0.2, -0.15) is 0 Å². The van der Waals surface area contributed by atoms with Gasteiger partial charge in [0.25, 0.3) is 0 Å². The molecule has 214 valence electrons. The van der Waals surface area contributed by atoms with Crippen molar-refractivity contribution in [2.24, 2.45) is 0 Å². The summed E-state index contributed by atoms with van der Waals surface area (Å²) in [5.74, 6) is -4.17. The van der Waals surface area contributed by atoms with Crippen LogP contribution in [0.2, 0.25) is 0 Å². The third-order valence-corrected chi connectivity index (χ3v) is 6.04. The average Bonchev–Trinajstić information content (AvgIpc) is 2.51. The molecule has 0 amide bonds. The Bertz CT molecular complexity index is 1030. The van der Waals surface area contributed by atoms with E-state index in [2.05, 4.69) is 27.1 Å². The summed E-state index contributed by atoms with van der Waals surface area (Å²) in [7, 11) is -36.3. The molecule has 0 unspecified atom stereocenters. The number of hydrogen-bond acceptors (Lipinski definition) is 12. The minimum Gasteiger partial charge on any atom is -0.402 e. The summed E-state index contributed by atoms with van der Waals surface area (Å²) in [5.41, 5.74) is 0. The van der Waals surface area contributed by atoms with E-state index in [0.29, 0.717) is 0 Å². The van der Waals surface area contributed by atoms with E-state index < -0.39 is 82.9 Å². The Balaban J connectivity index is 4.21. The maximum atomic E-state index is 11.4. The van der Waals surface area contributed by atoms with Crippen molar-refractivity contribution in [1.29, 1.82) is 0 Å². The van der Waals surface area contributed by atoms with E-state index in [1.165, 1.54) is 0 Å². The lowest BCUT2D eigenvalue weighted by molar-refractivity contribution is -0.107. The predicted molar refractivity (Wildman–Crippen MR) is 101 cm³/mol. The van der Waals surface area contributed by atoms with Crippen LogP contribution >= 0.6 is 46.9 Å². The fourth-order valence-corrected chi connectivity index (χ4v) is 5.45. The van der Waals surface area contributed by atoms with Crippen LogP contribution in [-0.2, 0) is 54.5 Å². The molecule has 0 bridgehead atoms. The van der Waals surface area contributed by atoms with Gasteiger partial charge in [-0.15, -0.1) is 0 Å². The van der Waals surface area contributed by atoms with E-state index in [1.807, 2.05) is 0 Å². The van der Waals surface area contributed by atoms with Gasteiger partial charge in [0.05, 0.1) is 0 Å². The molecule has 0 saturated heterocycles. The zero-order valence-corrected chi connectivity index (χ0v) is 21.6. The molecule has 36 heavy (non-hydrogen) atoms. The second-order valence-corrected chi connectivity index (χ2v) is 13.1. The van der Waals surface area contributed by atoms with Gasteiger partial charge in [0.2, 0.25) is 0 Å². The number of rotatable bonds is 12. The lowest BCUT2D eigenvalue weighted by Crippen LogP contribution is -2.54. The van der Waals surface area contributed by atoms with E-state index in [9.17, 15) is 27.4 Å². The molecular formula is C6H16O24P6. The molecule has 24 nitrogen and oxygen atoms in total. The molecule has 0 aromatic carbocycles. The van der Waals surface area contributed by atoms with Crippen molar-refractivity contribution in [3.63, 3.8) is 0 Å². The van der Waals surface area contributed by atoms with E-state index in [1.54, 1.807) is 0 Å². The van der Waals surface area contributed by atoms with Gasteiger partial charge in [-0.3, -0.25) is 37.7 Å². The molecule has 0 aliphatic heterocycles. The lowest BCUT2D eigenvalue weighted by atomic mass is 9.93. The van der Waals surface area contributed by atoms with E-state index in [0.717, 1.165) is 0 Å². The Labute approximate surface area is 196 Å². The predicted octanol–water partition coefficient (Wildman–Crippen LogP) is -2.66. The Kier molecular flexibility index (Phi) is 10.7. The highest BCUT2D eigenvalue weighted by Gasteiger charge is 2.58. The van der Waals surface area contributed by atoms with Gasteiger partial charge in [-0.1, -0.05) is 0 Å². The molecule has 1 rings (SSSR count). The zero-order chi connectivity index (χ0) is 28.7. The summed E-state index contributed by atoms with van der Waals surface area (Å²) in [5, 5.41) is 0. The third-order valence-electron chi connectivity index (χ3n) is 3.13. The molecule has 1 aliphatic rings. The van der Waals surface area contributed by atoms with Gasteiger partial charge in [0.15, 0.2) is 23.7 Å². The van der Waals surface area contributed by atoms with Gasteiger partial charge >= 0.3 is 46.9 Å². The molecule has 4 atom stereocenters. The molecule has 0 radical (unpaired) electrons. The van der Waals surface area contributed by atoms with Crippen LogP contribution in [-0.4, -0.2) is 83.1 Å². The minimum atomic E-state index is -6.07. The smallest absolute Gasteiger partial charge is 0.402 e. The number of phosphoric acid groups is 6. The molecule has 0 fully saturated rings. The van der Waals surface area contributed by atoms with Crippen LogP contribution in [0.1, 0.15) is 0 Å². The fourth-order valence-electron chi connectivity index (χ4n) is 2.43. The Morgan fingerprint density at radius 3 is 0.778 bits per heavy atom. The SMILES string of the molecule is O=P(O)(O)OC1=C(OP(=O)(O)O)[C@H](OP(=O)(O)O)[C@H](OP(=O)(O)O)[C@H](OP(=O)(O)O)[C@@H]1OP(=O)(O)O. The van der Waals surface area contributed by atoms with Crippen molar-refractivity contribution in [3.8, 4) is 0 Å². The normalized spacial score (nSPS) is 25.1. The second kappa shape index (κ2) is 11.3. The van der Waals surface area contributed by atoms with Gasteiger partial charge in [0.1, 0.15) is 12.2 Å². The molecule has 0 heterocycles. The lowest BCUT2D eigenvalue weighted by Gasteiger charge is -2.42. The van der Waals surface area contributed by atoms with Crippen LogP contribution in [0.5, 0.6) is 0 Å². The first-order valence-electron chi connectivity index (χ1n) is 7.77. The largest absolute Gasteiger partial charge is 0.524 e. The monoisotopic (exact) mass is 658 g/mol. The highest BCUT2D eigenvalue weighted by Crippen LogP contribution is 2.58. The van der Waals surface area contributed by atoms with Crippen LogP contribution in [0.25, 0.3) is 0 Å². The highest BCUT2D eigenvalue weighted by molar-refractivity contribution is 7.47. The van der Waals surface area contributed by atoms with Gasteiger partial charge in [-0.05, 0) is 0 Å². The quantitative estimate of drug-likeness (QED) is 0.0952. The topological polar surface area (TPSA) is 401 Å². The molecular weight excluding hydrogens is 642 g/mol. The van der Waals surface area contributed by atoms with E-state index in [4.69, 9.17) is 58.7 Å². The summed E-state index contributed by atoms with van der Waals surface area (Å²) in [6.07, 6.45) is -12.9. The Morgan fingerprint density at radius 2 is 0.611 bits per heavy atom. The van der Waals surface area contributed by atoms with Gasteiger partial charge < -0.3 is 48.2 Å². The molecule has 0 spiro atoms. The fraction of sp³-hybridized carbons (Fsp3) is 0.667. The number of hydrogen-bond donors (Lipinski definition) is 12. The Morgan fingerprint density at radius 1 is 0.389 bits per heavy atom. The van der Waals surface area contributed by atoms with Crippen LogP contribution in [0.4, 0.5) is 0 Å². The van der Waals surface area contributed by atoms with Crippen LogP contribution in [0.15, 0.2) is 11.5 Å². The average molecular weight is 658 g/mol. The van der Waals surface area contributed by atoms with Crippen molar-refractivity contribution in [2.75, 3.05) is 0 Å². The molecule has 0 saturated carbocycles. The van der Waals surface area contributed by atoms with Crippen molar-refractivity contribution >= 4 is 46.9 Å². The van der Waals surface area contributed by atoms with Gasteiger partial charge in [-0.25, -0.2) is 27.4 Å². The summed E-state index contributed by atoms with van der Waals surface area (Å²) < 4.78 is 92.6. The summed E-state index contributed by atoms with van der Waals surface area (Å²) in [6.45, 7) is 0.